The van der Waals surface area contributed by atoms with Crippen molar-refractivity contribution in [3.8, 4) is 39.1 Å². The lowest BCUT2D eigenvalue weighted by Gasteiger charge is -2.19. The van der Waals surface area contributed by atoms with E-state index < -0.39 is 67.3 Å². The molecule has 0 aliphatic carbocycles. The molecule has 2 heteroatoms. The van der Waals surface area contributed by atoms with Gasteiger partial charge in [0.2, 0.25) is 0 Å². The summed E-state index contributed by atoms with van der Waals surface area (Å²) in [6.45, 7) is -2.54. The maximum Gasteiger partial charge on any atom is 0.111 e. The molecule has 1 aromatic heterocycles. The Bertz CT molecular complexity index is 2870. The van der Waals surface area contributed by atoms with Crippen LogP contribution >= 0.6 is 0 Å². The van der Waals surface area contributed by atoms with Crippen LogP contribution in [0.4, 0.5) is 0 Å². The second-order valence-electron chi connectivity index (χ2n) is 9.87. The van der Waals surface area contributed by atoms with Crippen LogP contribution in [0.2, 0.25) is 0 Å². The zero-order valence-electron chi connectivity index (χ0n) is 35.1. The van der Waals surface area contributed by atoms with Gasteiger partial charge in [0.15, 0.2) is 0 Å². The van der Waals surface area contributed by atoms with E-state index in [1.807, 2.05) is 24.3 Å². The maximum absolute atomic E-state index is 8.99. The van der Waals surface area contributed by atoms with Crippen LogP contribution in [-0.4, -0.2) is 9.55 Å². The zero-order valence-corrected chi connectivity index (χ0v) is 22.1. The first kappa shape index (κ1) is 14.4. The summed E-state index contributed by atoms with van der Waals surface area (Å²) in [5, 5.41) is 2.16. The second-order valence-corrected chi connectivity index (χ2v) is 9.87. The van der Waals surface area contributed by atoms with Gasteiger partial charge in [-0.3, -0.25) is 4.57 Å². The third kappa shape index (κ3) is 3.92. The van der Waals surface area contributed by atoms with Crippen molar-refractivity contribution < 1.29 is 17.8 Å². The molecule has 2 nitrogen and oxygen atoms in total. The van der Waals surface area contributed by atoms with E-state index in [2.05, 4.69) is 4.98 Å². The average Bonchev–Trinajstić information content (AvgIpc) is 3.58. The number of nitrogens with zero attached hydrogens (tertiary/aromatic N) is 2. The molecule has 0 fully saturated rings. The first-order chi connectivity index (χ1) is 26.1. The van der Waals surface area contributed by atoms with Crippen LogP contribution < -0.4 is 0 Å². The number of aryl methyl sites for hydroxylation is 1. The molecule has 1 heterocycles. The summed E-state index contributed by atoms with van der Waals surface area (Å²) >= 11 is 0. The second kappa shape index (κ2) is 9.87. The van der Waals surface area contributed by atoms with Crippen molar-refractivity contribution in [1.29, 1.82) is 0 Å². The molecule has 0 saturated heterocycles. The van der Waals surface area contributed by atoms with Crippen molar-refractivity contribution >= 4 is 32.6 Å². The highest BCUT2D eigenvalue weighted by atomic mass is 15.1. The van der Waals surface area contributed by atoms with Gasteiger partial charge in [0, 0.05) is 9.80 Å². The van der Waals surface area contributed by atoms with Crippen molar-refractivity contribution in [3.63, 3.8) is 0 Å². The van der Waals surface area contributed by atoms with Gasteiger partial charge in [-0.15, -0.1) is 0 Å². The number of hydrogen-bond acceptors (Lipinski definition) is 1. The smallest absolute Gasteiger partial charge is 0.111 e. The van der Waals surface area contributed by atoms with E-state index in [1.54, 1.807) is 71.3 Å². The molecule has 0 spiro atoms. The average molecular weight is 550 g/mol. The largest absolute Gasteiger partial charge is 0.297 e. The molecule has 0 aliphatic heterocycles. The number of benzene rings is 7. The molecule has 0 radical (unpaired) electrons. The molecular formula is C40H28N2. The number of imidazole rings is 1. The monoisotopic (exact) mass is 549 g/mol. The van der Waals surface area contributed by atoms with E-state index in [-0.39, 0.29) is 22.5 Å². The minimum atomic E-state index is -2.54. The van der Waals surface area contributed by atoms with Crippen LogP contribution in [0.5, 0.6) is 0 Å². The van der Waals surface area contributed by atoms with E-state index in [0.29, 0.717) is 55.0 Å². The van der Waals surface area contributed by atoms with Gasteiger partial charge in [0.1, 0.15) is 5.82 Å². The molecule has 42 heavy (non-hydrogen) atoms. The van der Waals surface area contributed by atoms with Crippen molar-refractivity contribution in [2.75, 3.05) is 0 Å². The van der Waals surface area contributed by atoms with Crippen LogP contribution in [0.15, 0.2) is 151 Å². The molecule has 0 N–H and O–H groups in total. The first-order valence-corrected chi connectivity index (χ1v) is 13.3. The van der Waals surface area contributed by atoms with E-state index >= 15 is 0 Å². The Morgan fingerprint density at radius 3 is 1.98 bits per heavy atom. The molecule has 0 aliphatic rings. The fourth-order valence-corrected chi connectivity index (χ4v) is 5.77. The van der Waals surface area contributed by atoms with Crippen molar-refractivity contribution in [2.24, 2.45) is 0 Å². The fourth-order valence-electron chi connectivity index (χ4n) is 5.77. The quantitative estimate of drug-likeness (QED) is 0.200. The molecule has 8 aromatic rings. The third-order valence-electron chi connectivity index (χ3n) is 7.52. The Labute approximate surface area is 263 Å². The summed E-state index contributed by atoms with van der Waals surface area (Å²) in [5.41, 5.74) is 3.44. The molecule has 8 rings (SSSR count). The summed E-state index contributed by atoms with van der Waals surface area (Å²) in [6.07, 6.45) is 0. The highest BCUT2D eigenvalue weighted by Crippen LogP contribution is 2.45. The van der Waals surface area contributed by atoms with E-state index in [9.17, 15) is 0 Å². The Balaban J connectivity index is 1.52. The maximum atomic E-state index is 8.99. The van der Waals surface area contributed by atoms with E-state index in [1.165, 1.54) is 0 Å². The Morgan fingerprint density at radius 1 is 0.548 bits per heavy atom. The Hall–Kier alpha value is -5.47. The predicted octanol–water partition coefficient (Wildman–Crippen LogP) is 10.6. The van der Waals surface area contributed by atoms with Crippen molar-refractivity contribution in [2.45, 2.75) is 6.85 Å². The first-order valence-electron chi connectivity index (χ1n) is 19.8. The number of fused-ring (bicyclic) bond motifs is 3. The van der Waals surface area contributed by atoms with Gasteiger partial charge >= 0.3 is 0 Å². The van der Waals surface area contributed by atoms with Crippen LogP contribution in [0, 0.1) is 6.85 Å². The highest BCUT2D eigenvalue weighted by molar-refractivity contribution is 6.22. The zero-order chi connectivity index (χ0) is 39.2. The molecule has 7 aromatic carbocycles. The van der Waals surface area contributed by atoms with Gasteiger partial charge in [-0.05, 0) is 92.1 Å². The lowest BCUT2D eigenvalue weighted by atomic mass is 9.85. The van der Waals surface area contributed by atoms with Crippen LogP contribution in [0.1, 0.15) is 23.6 Å². The normalized spacial score (nSPS) is 16.1. The van der Waals surface area contributed by atoms with Crippen LogP contribution in [0.3, 0.4) is 0 Å². The molecule has 0 unspecified atom stereocenters. The van der Waals surface area contributed by atoms with Crippen molar-refractivity contribution in [3.05, 3.63) is 157 Å². The molecule has 0 atom stereocenters. The third-order valence-corrected chi connectivity index (χ3v) is 7.52. The van der Waals surface area contributed by atoms with Gasteiger partial charge in [0.25, 0.3) is 0 Å². The van der Waals surface area contributed by atoms with Crippen LogP contribution in [0.25, 0.3) is 71.6 Å². The summed E-state index contributed by atoms with van der Waals surface area (Å²) in [7, 11) is 0. The van der Waals surface area contributed by atoms with Crippen LogP contribution in [-0.2, 0) is 0 Å². The number of rotatable bonds is 4. The lowest BCUT2D eigenvalue weighted by Crippen LogP contribution is -1.97. The minimum Gasteiger partial charge on any atom is -0.297 e. The van der Waals surface area contributed by atoms with Gasteiger partial charge in [-0.2, -0.15) is 0 Å². The summed E-state index contributed by atoms with van der Waals surface area (Å²) in [6, 6.07) is 21.8. The molecular weight excluding hydrogens is 508 g/mol. The van der Waals surface area contributed by atoms with Gasteiger partial charge in [-0.1, -0.05) is 121 Å². The SMILES string of the molecule is [2H]c1c([2H])c([2H])c(-c2ccc3c(-c4cccc(-n5c(C([2H])([2H])[2H])nc6ccccc65)c4)c4ccccc4c(-c4c([2H])c([2H])c([2H])c([2H])c4[2H])c3c2)c([2H])c1[2H]. The van der Waals surface area contributed by atoms with E-state index in [0.717, 1.165) is 0 Å². The summed E-state index contributed by atoms with van der Waals surface area (Å²) in [5.74, 6) is -0.111. The topological polar surface area (TPSA) is 17.8 Å². The highest BCUT2D eigenvalue weighted by Gasteiger charge is 2.18. The number of aromatic nitrogens is 2. The molecule has 0 amide bonds. The summed E-state index contributed by atoms with van der Waals surface area (Å²) in [4.78, 5) is 4.47. The van der Waals surface area contributed by atoms with Gasteiger partial charge in [-0.25, -0.2) is 4.98 Å². The fraction of sp³-hybridized carbons (Fsp3) is 0.0250. The number of hydrogen-bond donors (Lipinski definition) is 0. The van der Waals surface area contributed by atoms with Crippen molar-refractivity contribution in [1.82, 2.24) is 9.55 Å². The molecule has 0 bridgehead atoms. The number of para-hydroxylation sites is 2. The molecule has 0 saturated carbocycles. The lowest BCUT2D eigenvalue weighted by molar-refractivity contribution is 1.00. The summed E-state index contributed by atoms with van der Waals surface area (Å²) < 4.78 is 112. The van der Waals surface area contributed by atoms with E-state index in [4.69, 9.17) is 17.8 Å². The standard InChI is InChI=1S/C40H28N2/c1-27-41-37-21-10-11-22-38(37)42(27)32-18-12-17-31(25-32)40-34-20-9-8-19-33(34)39(29-15-6-3-7-16-29)36-26-30(23-24-35(36)40)28-13-4-2-5-14-28/h2-26H,1H3/i1D3,2D,3D,4D,5D,6D,7D,13D,14D,15D,16D. The Morgan fingerprint density at radius 2 is 1.21 bits per heavy atom. The van der Waals surface area contributed by atoms with Gasteiger partial charge < -0.3 is 0 Å². The predicted molar refractivity (Wildman–Crippen MR) is 177 cm³/mol. The Kier molecular flexibility index (Phi) is 3.39. The van der Waals surface area contributed by atoms with Gasteiger partial charge in [0.05, 0.1) is 24.7 Å². The minimum absolute atomic E-state index is 0.0548. The molecule has 198 valence electrons.